The molecule has 0 aliphatic carbocycles. The van der Waals surface area contributed by atoms with Crippen LogP contribution >= 0.6 is 15.9 Å². The van der Waals surface area contributed by atoms with Gasteiger partial charge in [0.2, 0.25) is 17.8 Å². The van der Waals surface area contributed by atoms with Gasteiger partial charge in [0.05, 0.1) is 0 Å². The molecular formula is C19H21BrN6. The van der Waals surface area contributed by atoms with E-state index in [0.717, 1.165) is 16.7 Å². The van der Waals surface area contributed by atoms with E-state index in [1.165, 1.54) is 16.7 Å². The number of nitrogens with zero attached hydrogens (tertiary/aromatic N) is 3. The maximum absolute atomic E-state index is 4.49. The van der Waals surface area contributed by atoms with Crippen molar-refractivity contribution in [3.05, 3.63) is 59.2 Å². The monoisotopic (exact) mass is 412 g/mol. The molecule has 1 heterocycles. The summed E-state index contributed by atoms with van der Waals surface area (Å²) in [4.78, 5) is 13.3. The van der Waals surface area contributed by atoms with Crippen LogP contribution in [0.5, 0.6) is 0 Å². The molecular weight excluding hydrogens is 392 g/mol. The molecule has 0 spiro atoms. The van der Waals surface area contributed by atoms with Gasteiger partial charge < -0.3 is 16.0 Å². The van der Waals surface area contributed by atoms with Crippen LogP contribution in [0.15, 0.2) is 42.5 Å². The molecule has 1 aromatic heterocycles. The molecule has 26 heavy (non-hydrogen) atoms. The summed E-state index contributed by atoms with van der Waals surface area (Å²) in [6.07, 6.45) is 0. The minimum absolute atomic E-state index is 0.475. The third-order valence-electron chi connectivity index (χ3n) is 3.67. The summed E-state index contributed by atoms with van der Waals surface area (Å²) in [6, 6.07) is 14.3. The Labute approximate surface area is 161 Å². The van der Waals surface area contributed by atoms with Gasteiger partial charge >= 0.3 is 0 Å². The molecule has 0 unspecified atom stereocenters. The van der Waals surface area contributed by atoms with Crippen molar-refractivity contribution < 1.29 is 0 Å². The number of aryl methyl sites for hydroxylation is 2. The number of benzene rings is 2. The number of anilines is 5. The van der Waals surface area contributed by atoms with E-state index in [-0.39, 0.29) is 0 Å². The number of rotatable bonds is 6. The zero-order chi connectivity index (χ0) is 18.5. The molecule has 0 amide bonds. The smallest absolute Gasteiger partial charge is 0.233 e. The minimum Gasteiger partial charge on any atom is -0.357 e. The second-order valence-corrected chi connectivity index (χ2v) is 6.58. The van der Waals surface area contributed by atoms with Crippen molar-refractivity contribution in [3.8, 4) is 0 Å². The van der Waals surface area contributed by atoms with Gasteiger partial charge in [0, 0.05) is 23.8 Å². The zero-order valence-corrected chi connectivity index (χ0v) is 16.6. The fraction of sp³-hybridized carbons (Fsp3) is 0.211. The van der Waals surface area contributed by atoms with E-state index in [9.17, 15) is 0 Å². The van der Waals surface area contributed by atoms with E-state index in [4.69, 9.17) is 0 Å². The minimum atomic E-state index is 0.475. The van der Waals surface area contributed by atoms with Gasteiger partial charge in [-0.2, -0.15) is 15.0 Å². The molecule has 0 radical (unpaired) electrons. The third-order valence-corrected chi connectivity index (χ3v) is 4.32. The summed E-state index contributed by atoms with van der Waals surface area (Å²) in [5.74, 6) is 1.45. The van der Waals surface area contributed by atoms with E-state index < -0.39 is 0 Å². The van der Waals surface area contributed by atoms with Crippen molar-refractivity contribution >= 4 is 45.1 Å². The first-order chi connectivity index (χ1) is 12.6. The lowest BCUT2D eigenvalue weighted by Gasteiger charge is -2.11. The first kappa shape index (κ1) is 18.1. The molecule has 3 aromatic rings. The molecule has 0 saturated heterocycles. The summed E-state index contributed by atoms with van der Waals surface area (Å²) in [6.45, 7) is 4.13. The van der Waals surface area contributed by atoms with Crippen molar-refractivity contribution in [2.75, 3.05) is 23.0 Å². The van der Waals surface area contributed by atoms with Gasteiger partial charge in [0.25, 0.3) is 0 Å². The third kappa shape index (κ3) is 4.70. The number of nitrogens with one attached hydrogen (secondary N) is 3. The number of hydrogen-bond donors (Lipinski definition) is 3. The summed E-state index contributed by atoms with van der Waals surface area (Å²) in [5.41, 5.74) is 5.41. The van der Waals surface area contributed by atoms with E-state index >= 15 is 0 Å². The molecule has 0 aliphatic rings. The highest BCUT2D eigenvalue weighted by Crippen LogP contribution is 2.21. The Morgan fingerprint density at radius 3 is 2.04 bits per heavy atom. The molecule has 0 fully saturated rings. The first-order valence-electron chi connectivity index (χ1n) is 8.27. The highest BCUT2D eigenvalue weighted by Gasteiger charge is 2.07. The lowest BCUT2D eigenvalue weighted by Crippen LogP contribution is -2.07. The molecule has 7 heteroatoms. The van der Waals surface area contributed by atoms with Gasteiger partial charge in [-0.1, -0.05) is 34.1 Å². The van der Waals surface area contributed by atoms with Crippen molar-refractivity contribution in [1.82, 2.24) is 15.0 Å². The molecule has 0 saturated carbocycles. The lowest BCUT2D eigenvalue weighted by atomic mass is 10.1. The van der Waals surface area contributed by atoms with Gasteiger partial charge in [-0.25, -0.2) is 0 Å². The highest BCUT2D eigenvalue weighted by atomic mass is 79.9. The fourth-order valence-electron chi connectivity index (χ4n) is 2.64. The summed E-state index contributed by atoms with van der Waals surface area (Å²) in [5, 5.41) is 10.3. The van der Waals surface area contributed by atoms with Crippen LogP contribution in [0.4, 0.5) is 29.2 Å². The second-order valence-electron chi connectivity index (χ2n) is 6.02. The Kier molecular flexibility index (Phi) is 5.68. The topological polar surface area (TPSA) is 74.8 Å². The van der Waals surface area contributed by atoms with E-state index in [1.807, 2.05) is 12.1 Å². The Morgan fingerprint density at radius 2 is 1.42 bits per heavy atom. The molecule has 3 rings (SSSR count). The summed E-state index contributed by atoms with van der Waals surface area (Å²) >= 11 is 3.47. The molecule has 2 aromatic carbocycles. The lowest BCUT2D eigenvalue weighted by molar-refractivity contribution is 1.06. The van der Waals surface area contributed by atoms with Crippen molar-refractivity contribution in [2.24, 2.45) is 0 Å². The zero-order valence-electron chi connectivity index (χ0n) is 15.0. The summed E-state index contributed by atoms with van der Waals surface area (Å²) < 4.78 is 0. The fourth-order valence-corrected chi connectivity index (χ4v) is 2.99. The van der Waals surface area contributed by atoms with Gasteiger partial charge in [0.15, 0.2) is 0 Å². The van der Waals surface area contributed by atoms with Crippen LogP contribution in [0.3, 0.4) is 0 Å². The van der Waals surface area contributed by atoms with Crippen LogP contribution in [-0.4, -0.2) is 22.0 Å². The van der Waals surface area contributed by atoms with Gasteiger partial charge in [0.1, 0.15) is 0 Å². The molecule has 0 bridgehead atoms. The SMILES string of the molecule is CNc1nc(Nc2cc(C)cc(C)c2)nc(Nc2cccc(CBr)c2)n1. The molecule has 134 valence electrons. The Morgan fingerprint density at radius 1 is 0.808 bits per heavy atom. The molecule has 6 nitrogen and oxygen atoms in total. The normalized spacial score (nSPS) is 10.5. The number of aromatic nitrogens is 3. The van der Waals surface area contributed by atoms with E-state index in [1.54, 1.807) is 7.05 Å². The Balaban J connectivity index is 1.88. The van der Waals surface area contributed by atoms with Crippen LogP contribution in [0, 0.1) is 13.8 Å². The maximum Gasteiger partial charge on any atom is 0.233 e. The maximum atomic E-state index is 4.49. The first-order valence-corrected chi connectivity index (χ1v) is 9.39. The number of hydrogen-bond acceptors (Lipinski definition) is 6. The largest absolute Gasteiger partial charge is 0.357 e. The van der Waals surface area contributed by atoms with E-state index in [0.29, 0.717) is 17.8 Å². The van der Waals surface area contributed by atoms with Crippen molar-refractivity contribution in [3.63, 3.8) is 0 Å². The van der Waals surface area contributed by atoms with Crippen LogP contribution in [0.2, 0.25) is 0 Å². The predicted octanol–water partition coefficient (Wildman–Crippen LogP) is 4.91. The quantitative estimate of drug-likeness (QED) is 0.499. The van der Waals surface area contributed by atoms with Gasteiger partial charge in [-0.15, -0.1) is 0 Å². The average Bonchev–Trinajstić information content (AvgIpc) is 2.60. The molecule has 0 atom stereocenters. The number of alkyl halides is 1. The van der Waals surface area contributed by atoms with Crippen LogP contribution < -0.4 is 16.0 Å². The Bertz CT molecular complexity index is 892. The molecule has 3 N–H and O–H groups in total. The van der Waals surface area contributed by atoms with Crippen molar-refractivity contribution in [2.45, 2.75) is 19.2 Å². The van der Waals surface area contributed by atoms with Crippen LogP contribution in [0.25, 0.3) is 0 Å². The van der Waals surface area contributed by atoms with Crippen LogP contribution in [-0.2, 0) is 5.33 Å². The number of halogens is 1. The van der Waals surface area contributed by atoms with E-state index in [2.05, 4.69) is 91.0 Å². The highest BCUT2D eigenvalue weighted by molar-refractivity contribution is 9.08. The van der Waals surface area contributed by atoms with Crippen LogP contribution in [0.1, 0.15) is 16.7 Å². The second kappa shape index (κ2) is 8.14. The van der Waals surface area contributed by atoms with Gasteiger partial charge in [-0.3, -0.25) is 0 Å². The van der Waals surface area contributed by atoms with Crippen molar-refractivity contribution in [1.29, 1.82) is 0 Å². The summed E-state index contributed by atoms with van der Waals surface area (Å²) in [7, 11) is 1.78. The molecule has 0 aliphatic heterocycles. The van der Waals surface area contributed by atoms with Gasteiger partial charge in [-0.05, 0) is 54.8 Å². The average molecular weight is 413 g/mol. The standard InChI is InChI=1S/C19H21BrN6/c1-12-7-13(2)9-16(8-12)23-19-25-17(21-3)24-18(26-19)22-15-6-4-5-14(10-15)11-20/h4-10H,11H2,1-3H3,(H3,21,22,23,24,25,26). The Hall–Kier alpha value is -2.67. The predicted molar refractivity (Wildman–Crippen MR) is 111 cm³/mol.